The molecular weight excluding hydrogens is 226 g/mol. The highest BCUT2D eigenvalue weighted by Gasteiger charge is 2.40. The highest BCUT2D eigenvalue weighted by atomic mass is 16.4. The Morgan fingerprint density at radius 1 is 1.17 bits per heavy atom. The fourth-order valence-corrected chi connectivity index (χ4v) is 4.63. The lowest BCUT2D eigenvalue weighted by Crippen LogP contribution is -2.44. The van der Waals surface area contributed by atoms with E-state index < -0.39 is 5.97 Å². The lowest BCUT2D eigenvalue weighted by Gasteiger charge is -2.38. The third-order valence-corrected chi connectivity index (χ3v) is 5.51. The normalized spacial score (nSPS) is 40.2. The van der Waals surface area contributed by atoms with Crippen LogP contribution in [0.2, 0.25) is 0 Å². The molecule has 1 N–H and O–H groups in total. The van der Waals surface area contributed by atoms with E-state index in [2.05, 4.69) is 4.90 Å². The molecule has 102 valence electrons. The molecule has 0 aromatic carbocycles. The monoisotopic (exact) mass is 251 g/mol. The molecule has 1 heterocycles. The van der Waals surface area contributed by atoms with Crippen LogP contribution in [0.25, 0.3) is 0 Å². The van der Waals surface area contributed by atoms with Crippen molar-refractivity contribution in [3.05, 3.63) is 0 Å². The van der Waals surface area contributed by atoms with Crippen molar-refractivity contribution in [3.63, 3.8) is 0 Å². The second-order valence-electron chi connectivity index (χ2n) is 6.68. The molecule has 2 saturated carbocycles. The number of carbonyl (C=O) groups is 1. The lowest BCUT2D eigenvalue weighted by molar-refractivity contribution is -0.138. The number of carboxylic acid groups (broad SMARTS) is 1. The first-order chi connectivity index (χ1) is 8.72. The molecule has 2 bridgehead atoms. The average molecular weight is 251 g/mol. The topological polar surface area (TPSA) is 40.5 Å². The SMILES string of the molecule is O=C(O)CC1CCCCN1CC1CC2CCC1C2. The van der Waals surface area contributed by atoms with Gasteiger partial charge in [-0.3, -0.25) is 9.69 Å². The summed E-state index contributed by atoms with van der Waals surface area (Å²) in [4.78, 5) is 13.5. The number of piperidine rings is 1. The van der Waals surface area contributed by atoms with E-state index in [1.807, 2.05) is 0 Å². The van der Waals surface area contributed by atoms with Gasteiger partial charge in [0.1, 0.15) is 0 Å². The number of rotatable bonds is 4. The molecule has 3 heteroatoms. The summed E-state index contributed by atoms with van der Waals surface area (Å²) in [5.41, 5.74) is 0. The highest BCUT2D eigenvalue weighted by Crippen LogP contribution is 2.48. The van der Waals surface area contributed by atoms with E-state index in [1.165, 1.54) is 45.1 Å². The molecule has 0 aromatic heterocycles. The van der Waals surface area contributed by atoms with Crippen molar-refractivity contribution in [2.75, 3.05) is 13.1 Å². The van der Waals surface area contributed by atoms with E-state index in [-0.39, 0.29) is 0 Å². The van der Waals surface area contributed by atoms with Crippen molar-refractivity contribution in [1.82, 2.24) is 4.90 Å². The average Bonchev–Trinajstić information content (AvgIpc) is 2.93. The summed E-state index contributed by atoms with van der Waals surface area (Å²) in [5.74, 6) is 2.21. The predicted octanol–water partition coefficient (Wildman–Crippen LogP) is 2.75. The van der Waals surface area contributed by atoms with Gasteiger partial charge in [-0.15, -0.1) is 0 Å². The van der Waals surface area contributed by atoms with Crippen molar-refractivity contribution in [1.29, 1.82) is 0 Å². The zero-order valence-electron chi connectivity index (χ0n) is 11.2. The molecule has 0 amide bonds. The quantitative estimate of drug-likeness (QED) is 0.835. The second kappa shape index (κ2) is 5.20. The summed E-state index contributed by atoms with van der Waals surface area (Å²) in [6.45, 7) is 2.31. The predicted molar refractivity (Wildman–Crippen MR) is 70.4 cm³/mol. The Labute approximate surface area is 110 Å². The van der Waals surface area contributed by atoms with Crippen molar-refractivity contribution < 1.29 is 9.90 Å². The molecule has 1 saturated heterocycles. The third-order valence-electron chi connectivity index (χ3n) is 5.51. The van der Waals surface area contributed by atoms with Crippen LogP contribution in [-0.4, -0.2) is 35.1 Å². The molecular formula is C15H25NO2. The van der Waals surface area contributed by atoms with E-state index in [9.17, 15) is 4.79 Å². The summed E-state index contributed by atoms with van der Waals surface area (Å²) >= 11 is 0. The number of fused-ring (bicyclic) bond motifs is 2. The first-order valence-electron chi connectivity index (χ1n) is 7.68. The zero-order valence-corrected chi connectivity index (χ0v) is 11.2. The molecule has 3 aliphatic rings. The van der Waals surface area contributed by atoms with Crippen LogP contribution in [0.3, 0.4) is 0 Å². The fourth-order valence-electron chi connectivity index (χ4n) is 4.63. The van der Waals surface area contributed by atoms with Gasteiger partial charge in [-0.1, -0.05) is 12.8 Å². The number of carboxylic acids is 1. The molecule has 0 aromatic rings. The number of likely N-dealkylation sites (tertiary alicyclic amines) is 1. The third kappa shape index (κ3) is 2.56. The molecule has 1 aliphatic heterocycles. The standard InChI is InChI=1S/C15H25NO2/c17-15(18)9-14-3-1-2-6-16(14)10-13-8-11-4-5-12(13)7-11/h11-14H,1-10H2,(H,17,18). The summed E-state index contributed by atoms with van der Waals surface area (Å²) in [6.07, 6.45) is 9.69. The van der Waals surface area contributed by atoms with Gasteiger partial charge in [0.15, 0.2) is 0 Å². The van der Waals surface area contributed by atoms with Crippen LogP contribution in [0.4, 0.5) is 0 Å². The van der Waals surface area contributed by atoms with E-state index in [0.29, 0.717) is 12.5 Å². The Hall–Kier alpha value is -0.570. The molecule has 3 nitrogen and oxygen atoms in total. The first-order valence-corrected chi connectivity index (χ1v) is 7.68. The van der Waals surface area contributed by atoms with Gasteiger partial charge in [-0.25, -0.2) is 0 Å². The Kier molecular flexibility index (Phi) is 3.60. The van der Waals surface area contributed by atoms with Crippen molar-refractivity contribution >= 4 is 5.97 Å². The maximum Gasteiger partial charge on any atom is 0.304 e. The molecule has 4 unspecified atom stereocenters. The van der Waals surface area contributed by atoms with Gasteiger partial charge < -0.3 is 5.11 Å². The fraction of sp³-hybridized carbons (Fsp3) is 0.933. The van der Waals surface area contributed by atoms with Crippen LogP contribution in [0.15, 0.2) is 0 Å². The smallest absolute Gasteiger partial charge is 0.304 e. The van der Waals surface area contributed by atoms with Crippen molar-refractivity contribution in [3.8, 4) is 0 Å². The maximum absolute atomic E-state index is 11.0. The van der Waals surface area contributed by atoms with Crippen LogP contribution < -0.4 is 0 Å². The summed E-state index contributed by atoms with van der Waals surface area (Å²) in [5, 5.41) is 9.02. The second-order valence-corrected chi connectivity index (χ2v) is 6.68. The van der Waals surface area contributed by atoms with E-state index in [4.69, 9.17) is 5.11 Å². The number of hydrogen-bond donors (Lipinski definition) is 1. The lowest BCUT2D eigenvalue weighted by atomic mass is 9.87. The Bertz CT molecular complexity index is 318. The largest absolute Gasteiger partial charge is 0.481 e. The number of hydrogen-bond acceptors (Lipinski definition) is 2. The molecule has 3 fully saturated rings. The van der Waals surface area contributed by atoms with Crippen LogP contribution >= 0.6 is 0 Å². The minimum Gasteiger partial charge on any atom is -0.481 e. The highest BCUT2D eigenvalue weighted by molar-refractivity contribution is 5.67. The molecule has 0 spiro atoms. The van der Waals surface area contributed by atoms with Crippen LogP contribution in [0, 0.1) is 17.8 Å². The van der Waals surface area contributed by atoms with Gasteiger partial charge in [0.05, 0.1) is 6.42 Å². The van der Waals surface area contributed by atoms with Crippen LogP contribution in [0.1, 0.15) is 51.4 Å². The van der Waals surface area contributed by atoms with Crippen molar-refractivity contribution in [2.24, 2.45) is 17.8 Å². The van der Waals surface area contributed by atoms with Crippen LogP contribution in [-0.2, 0) is 4.79 Å². The maximum atomic E-state index is 11.0. The van der Waals surface area contributed by atoms with Gasteiger partial charge in [0, 0.05) is 12.6 Å². The number of aliphatic carboxylic acids is 1. The number of nitrogens with zero attached hydrogens (tertiary/aromatic N) is 1. The Balaban J connectivity index is 1.57. The molecule has 0 radical (unpaired) electrons. The van der Waals surface area contributed by atoms with Gasteiger partial charge in [-0.05, 0) is 56.4 Å². The Morgan fingerprint density at radius 2 is 2.06 bits per heavy atom. The molecule has 3 rings (SSSR count). The van der Waals surface area contributed by atoms with E-state index >= 15 is 0 Å². The van der Waals surface area contributed by atoms with Gasteiger partial charge >= 0.3 is 5.97 Å². The molecule has 4 atom stereocenters. The first kappa shape index (κ1) is 12.5. The summed E-state index contributed by atoms with van der Waals surface area (Å²) in [6, 6.07) is 0.315. The van der Waals surface area contributed by atoms with Gasteiger partial charge in [-0.2, -0.15) is 0 Å². The molecule has 18 heavy (non-hydrogen) atoms. The van der Waals surface area contributed by atoms with E-state index in [0.717, 1.165) is 30.7 Å². The zero-order chi connectivity index (χ0) is 12.5. The minimum atomic E-state index is -0.625. The summed E-state index contributed by atoms with van der Waals surface area (Å²) in [7, 11) is 0. The van der Waals surface area contributed by atoms with E-state index in [1.54, 1.807) is 0 Å². The van der Waals surface area contributed by atoms with Crippen LogP contribution in [0.5, 0.6) is 0 Å². The van der Waals surface area contributed by atoms with Gasteiger partial charge in [0.25, 0.3) is 0 Å². The Morgan fingerprint density at radius 3 is 2.72 bits per heavy atom. The summed E-state index contributed by atoms with van der Waals surface area (Å²) < 4.78 is 0. The van der Waals surface area contributed by atoms with Crippen molar-refractivity contribution in [2.45, 2.75) is 57.4 Å². The minimum absolute atomic E-state index is 0.315. The molecule has 2 aliphatic carbocycles. The van der Waals surface area contributed by atoms with Gasteiger partial charge in [0.2, 0.25) is 0 Å².